The Balaban J connectivity index is 3.35. The third kappa shape index (κ3) is 3.97. The molecule has 4 nitrogen and oxygen atoms in total. The lowest BCUT2D eigenvalue weighted by Crippen LogP contribution is -2.18. The first kappa shape index (κ1) is 15.5. The van der Waals surface area contributed by atoms with Crippen molar-refractivity contribution < 1.29 is 8.42 Å². The van der Waals surface area contributed by atoms with Crippen molar-refractivity contribution in [3.05, 3.63) is 29.3 Å². The molecular formula is C14H20N2O2S. The Morgan fingerprint density at radius 1 is 1.16 bits per heavy atom. The highest BCUT2D eigenvalue weighted by atomic mass is 32.2. The monoisotopic (exact) mass is 280 g/mol. The molecule has 19 heavy (non-hydrogen) atoms. The van der Waals surface area contributed by atoms with Crippen LogP contribution in [0.15, 0.2) is 18.2 Å². The van der Waals surface area contributed by atoms with E-state index in [0.717, 1.165) is 11.1 Å². The van der Waals surface area contributed by atoms with Gasteiger partial charge >= 0.3 is 0 Å². The molecule has 0 aliphatic rings. The van der Waals surface area contributed by atoms with E-state index in [1.807, 2.05) is 45.9 Å². The molecule has 104 valence electrons. The topological polar surface area (TPSA) is 70.0 Å². The molecule has 0 heterocycles. The van der Waals surface area contributed by atoms with Crippen LogP contribution >= 0.6 is 0 Å². The molecule has 0 aliphatic heterocycles. The first-order chi connectivity index (χ1) is 8.78. The van der Waals surface area contributed by atoms with Gasteiger partial charge in [-0.1, -0.05) is 45.9 Å². The molecule has 5 heteroatoms. The maximum Gasteiger partial charge on any atom is 0.246 e. The molecule has 0 saturated carbocycles. The van der Waals surface area contributed by atoms with E-state index >= 15 is 0 Å². The number of hydrogen-bond acceptors (Lipinski definition) is 3. The summed E-state index contributed by atoms with van der Waals surface area (Å²) in [4.78, 5) is 0. The van der Waals surface area contributed by atoms with Crippen molar-refractivity contribution in [3.63, 3.8) is 0 Å². The van der Waals surface area contributed by atoms with E-state index in [4.69, 9.17) is 5.26 Å². The minimum Gasteiger partial charge on any atom is -0.282 e. The van der Waals surface area contributed by atoms with Crippen LogP contribution in [0.4, 0.5) is 5.69 Å². The van der Waals surface area contributed by atoms with Gasteiger partial charge in [-0.3, -0.25) is 4.72 Å². The van der Waals surface area contributed by atoms with Crippen molar-refractivity contribution in [2.24, 2.45) is 0 Å². The van der Waals surface area contributed by atoms with Crippen LogP contribution in [0, 0.1) is 11.3 Å². The van der Waals surface area contributed by atoms with Crippen LogP contribution in [-0.2, 0) is 10.0 Å². The fraction of sp³-hybridized carbons (Fsp3) is 0.500. The van der Waals surface area contributed by atoms with Gasteiger partial charge in [-0.25, -0.2) is 8.42 Å². The molecule has 0 bridgehead atoms. The van der Waals surface area contributed by atoms with E-state index in [1.165, 1.54) is 0 Å². The Bertz CT molecular complexity index is 558. The van der Waals surface area contributed by atoms with E-state index in [0.29, 0.717) is 5.69 Å². The SMILES string of the molecule is CC(C)c1cccc(C(C)C)c1NS(=O)(=O)CC#N. The Morgan fingerprint density at radius 3 is 2.00 bits per heavy atom. The molecule has 0 radical (unpaired) electrons. The minimum atomic E-state index is -3.61. The molecule has 0 unspecified atom stereocenters. The molecule has 1 aromatic rings. The molecule has 0 amide bonds. The zero-order chi connectivity index (χ0) is 14.6. The standard InChI is InChI=1S/C14H20N2O2S/c1-10(2)12-6-5-7-13(11(3)4)14(12)16-19(17,18)9-8-15/h5-7,10-11,16H,9H2,1-4H3. The first-order valence-electron chi connectivity index (χ1n) is 6.28. The molecule has 0 aromatic heterocycles. The molecule has 1 aromatic carbocycles. The first-order valence-corrected chi connectivity index (χ1v) is 7.94. The number of para-hydroxylation sites is 1. The molecule has 0 aliphatic carbocycles. The van der Waals surface area contributed by atoms with E-state index in [-0.39, 0.29) is 11.8 Å². The smallest absolute Gasteiger partial charge is 0.246 e. The summed E-state index contributed by atoms with van der Waals surface area (Å²) < 4.78 is 26.2. The fourth-order valence-electron chi connectivity index (χ4n) is 1.95. The van der Waals surface area contributed by atoms with Gasteiger partial charge in [0.25, 0.3) is 0 Å². The fourth-order valence-corrected chi connectivity index (χ4v) is 2.73. The predicted molar refractivity (Wildman–Crippen MR) is 77.6 cm³/mol. The number of anilines is 1. The van der Waals surface area contributed by atoms with E-state index in [9.17, 15) is 8.42 Å². The van der Waals surface area contributed by atoms with Crippen LogP contribution in [-0.4, -0.2) is 14.2 Å². The largest absolute Gasteiger partial charge is 0.282 e. The van der Waals surface area contributed by atoms with E-state index in [1.54, 1.807) is 6.07 Å². The van der Waals surface area contributed by atoms with Crippen molar-refractivity contribution in [2.75, 3.05) is 10.5 Å². The van der Waals surface area contributed by atoms with Gasteiger partial charge in [0.15, 0.2) is 5.75 Å². The average molecular weight is 280 g/mol. The lowest BCUT2D eigenvalue weighted by molar-refractivity contribution is 0.604. The van der Waals surface area contributed by atoms with Gasteiger partial charge in [0.1, 0.15) is 0 Å². The molecule has 0 spiro atoms. The van der Waals surface area contributed by atoms with Gasteiger partial charge in [0.2, 0.25) is 10.0 Å². The maximum absolute atomic E-state index is 11.8. The minimum absolute atomic E-state index is 0.207. The summed E-state index contributed by atoms with van der Waals surface area (Å²) in [7, 11) is -3.61. The highest BCUT2D eigenvalue weighted by molar-refractivity contribution is 7.92. The second kappa shape index (κ2) is 6.07. The quantitative estimate of drug-likeness (QED) is 0.900. The molecule has 1 rings (SSSR count). The lowest BCUT2D eigenvalue weighted by atomic mass is 9.93. The third-order valence-electron chi connectivity index (χ3n) is 2.89. The number of rotatable bonds is 5. The van der Waals surface area contributed by atoms with Crippen molar-refractivity contribution in [1.29, 1.82) is 5.26 Å². The third-order valence-corrected chi connectivity index (χ3v) is 3.91. The van der Waals surface area contributed by atoms with Gasteiger partial charge in [-0.2, -0.15) is 5.26 Å². The zero-order valence-electron chi connectivity index (χ0n) is 11.8. The number of sulfonamides is 1. The average Bonchev–Trinajstić information content (AvgIpc) is 2.27. The number of nitrogens with zero attached hydrogens (tertiary/aromatic N) is 1. The van der Waals surface area contributed by atoms with E-state index < -0.39 is 15.8 Å². The van der Waals surface area contributed by atoms with Crippen LogP contribution < -0.4 is 4.72 Å². The van der Waals surface area contributed by atoms with Crippen molar-refractivity contribution in [2.45, 2.75) is 39.5 Å². The van der Waals surface area contributed by atoms with Gasteiger partial charge in [-0.15, -0.1) is 0 Å². The van der Waals surface area contributed by atoms with Crippen molar-refractivity contribution in [3.8, 4) is 6.07 Å². The van der Waals surface area contributed by atoms with Gasteiger partial charge in [0, 0.05) is 0 Å². The summed E-state index contributed by atoms with van der Waals surface area (Å²) in [5.74, 6) is -0.117. The summed E-state index contributed by atoms with van der Waals surface area (Å²) in [6.45, 7) is 8.06. The van der Waals surface area contributed by atoms with E-state index in [2.05, 4.69) is 4.72 Å². The van der Waals surface area contributed by atoms with Crippen LogP contribution in [0.2, 0.25) is 0 Å². The summed E-state index contributed by atoms with van der Waals surface area (Å²) in [5, 5.41) is 8.57. The predicted octanol–water partition coefficient (Wildman–Crippen LogP) is 3.20. The Hall–Kier alpha value is -1.54. The Labute approximate surface area is 115 Å². The number of benzene rings is 1. The highest BCUT2D eigenvalue weighted by Crippen LogP contribution is 2.32. The Morgan fingerprint density at radius 2 is 1.63 bits per heavy atom. The van der Waals surface area contributed by atoms with Gasteiger partial charge < -0.3 is 0 Å². The van der Waals surface area contributed by atoms with Gasteiger partial charge in [0.05, 0.1) is 11.8 Å². The molecule has 0 fully saturated rings. The summed E-state index contributed by atoms with van der Waals surface area (Å²) in [6.07, 6.45) is 0. The van der Waals surface area contributed by atoms with Crippen LogP contribution in [0.25, 0.3) is 0 Å². The lowest BCUT2D eigenvalue weighted by Gasteiger charge is -2.20. The maximum atomic E-state index is 11.8. The van der Waals surface area contributed by atoms with Crippen molar-refractivity contribution >= 4 is 15.7 Å². The Kier molecular flexibility index (Phi) is 4.96. The molecule has 0 atom stereocenters. The van der Waals surface area contributed by atoms with Crippen molar-refractivity contribution in [1.82, 2.24) is 0 Å². The summed E-state index contributed by atoms with van der Waals surface area (Å²) >= 11 is 0. The second-order valence-corrected chi connectivity index (χ2v) is 6.86. The van der Waals surface area contributed by atoms with Crippen LogP contribution in [0.3, 0.4) is 0 Å². The normalized spacial score (nSPS) is 11.6. The summed E-state index contributed by atoms with van der Waals surface area (Å²) in [5.41, 5.74) is 2.53. The number of hydrogen-bond donors (Lipinski definition) is 1. The highest BCUT2D eigenvalue weighted by Gasteiger charge is 2.18. The van der Waals surface area contributed by atoms with Gasteiger partial charge in [-0.05, 0) is 23.0 Å². The summed E-state index contributed by atoms with van der Waals surface area (Å²) in [6, 6.07) is 7.45. The molecule has 0 saturated heterocycles. The van der Waals surface area contributed by atoms with Crippen LogP contribution in [0.5, 0.6) is 0 Å². The second-order valence-electron chi connectivity index (χ2n) is 5.14. The molecular weight excluding hydrogens is 260 g/mol. The number of nitrogens with one attached hydrogen (secondary N) is 1. The zero-order valence-corrected chi connectivity index (χ0v) is 12.6. The van der Waals surface area contributed by atoms with Crippen LogP contribution in [0.1, 0.15) is 50.7 Å². The molecule has 1 N–H and O–H groups in total. The number of nitriles is 1.